The van der Waals surface area contributed by atoms with E-state index in [4.69, 9.17) is 4.74 Å². The zero-order chi connectivity index (χ0) is 20.3. The van der Waals surface area contributed by atoms with Crippen LogP contribution >= 0.6 is 0 Å². The molecule has 0 aliphatic carbocycles. The summed E-state index contributed by atoms with van der Waals surface area (Å²) >= 11 is 0. The van der Waals surface area contributed by atoms with Crippen LogP contribution in [0.5, 0.6) is 5.75 Å². The van der Waals surface area contributed by atoms with E-state index in [0.717, 1.165) is 45.1 Å². The fourth-order valence-electron chi connectivity index (χ4n) is 3.51. The summed E-state index contributed by atoms with van der Waals surface area (Å²) in [5, 5.41) is 4.38. The van der Waals surface area contributed by atoms with Crippen molar-refractivity contribution in [2.24, 2.45) is 7.05 Å². The monoisotopic (exact) mass is 395 g/mol. The molecule has 0 amide bonds. The van der Waals surface area contributed by atoms with Crippen molar-refractivity contribution < 1.29 is 4.74 Å². The zero-order valence-corrected chi connectivity index (χ0v) is 16.5. The summed E-state index contributed by atoms with van der Waals surface area (Å²) in [5.74, 6) is 1.58. The van der Waals surface area contributed by atoms with Crippen LogP contribution in [0.4, 0.5) is 11.5 Å². The topological polar surface area (TPSA) is 67.8 Å². The predicted molar refractivity (Wildman–Crippen MR) is 119 cm³/mol. The number of nitrogens with one attached hydrogen (secondary N) is 2. The first kappa shape index (κ1) is 18.0. The Morgan fingerprint density at radius 3 is 2.57 bits per heavy atom. The van der Waals surface area contributed by atoms with Crippen LogP contribution in [0.15, 0.2) is 85.5 Å². The van der Waals surface area contributed by atoms with Gasteiger partial charge in [-0.1, -0.05) is 30.3 Å². The summed E-state index contributed by atoms with van der Waals surface area (Å²) in [4.78, 5) is 12.1. The predicted octanol–water partition coefficient (Wildman–Crippen LogP) is 5.29. The molecule has 3 aromatic heterocycles. The number of benzene rings is 2. The maximum atomic E-state index is 5.88. The zero-order valence-electron chi connectivity index (χ0n) is 16.5. The molecule has 6 nitrogen and oxygen atoms in total. The van der Waals surface area contributed by atoms with Crippen LogP contribution in [-0.2, 0) is 13.7 Å². The molecule has 0 fully saturated rings. The molecule has 0 unspecified atom stereocenters. The molecule has 6 heteroatoms. The average molecular weight is 395 g/mol. The number of anilines is 2. The summed E-state index contributed by atoms with van der Waals surface area (Å²) in [5.41, 5.74) is 5.03. The molecule has 0 saturated carbocycles. The molecule has 30 heavy (non-hydrogen) atoms. The van der Waals surface area contributed by atoms with Crippen molar-refractivity contribution in [1.82, 2.24) is 19.5 Å². The normalized spacial score (nSPS) is 11.0. The number of aromatic amines is 1. The van der Waals surface area contributed by atoms with Crippen molar-refractivity contribution in [2.75, 3.05) is 5.32 Å². The van der Waals surface area contributed by atoms with Gasteiger partial charge in [0.15, 0.2) is 0 Å². The quantitative estimate of drug-likeness (QED) is 0.410. The van der Waals surface area contributed by atoms with E-state index in [0.29, 0.717) is 6.61 Å². The Kier molecular flexibility index (Phi) is 4.65. The van der Waals surface area contributed by atoms with E-state index in [1.165, 1.54) is 0 Å². The Morgan fingerprint density at radius 2 is 1.80 bits per heavy atom. The molecule has 0 radical (unpaired) electrons. The Labute approximate surface area is 174 Å². The fourth-order valence-corrected chi connectivity index (χ4v) is 3.51. The van der Waals surface area contributed by atoms with Gasteiger partial charge >= 0.3 is 0 Å². The maximum Gasteiger partial charge on any atom is 0.144 e. The van der Waals surface area contributed by atoms with E-state index in [-0.39, 0.29) is 0 Å². The molecule has 2 aromatic carbocycles. The number of ether oxygens (including phenoxy) is 1. The number of aromatic nitrogens is 4. The van der Waals surface area contributed by atoms with Gasteiger partial charge in [-0.3, -0.25) is 0 Å². The average Bonchev–Trinajstić information content (AvgIpc) is 3.40. The number of hydrogen-bond acceptors (Lipinski definition) is 4. The van der Waals surface area contributed by atoms with Crippen molar-refractivity contribution in [3.63, 3.8) is 0 Å². The van der Waals surface area contributed by atoms with Crippen LogP contribution in [0, 0.1) is 0 Å². The number of H-pyrrole nitrogens is 1. The van der Waals surface area contributed by atoms with E-state index >= 15 is 0 Å². The van der Waals surface area contributed by atoms with Gasteiger partial charge in [0, 0.05) is 30.7 Å². The van der Waals surface area contributed by atoms with Crippen molar-refractivity contribution >= 4 is 22.5 Å². The van der Waals surface area contributed by atoms with Crippen molar-refractivity contribution in [3.05, 3.63) is 91.0 Å². The van der Waals surface area contributed by atoms with Crippen LogP contribution in [0.2, 0.25) is 0 Å². The number of hydrogen-bond donors (Lipinski definition) is 2. The van der Waals surface area contributed by atoms with Gasteiger partial charge < -0.3 is 19.6 Å². The molecule has 0 atom stereocenters. The van der Waals surface area contributed by atoms with E-state index < -0.39 is 0 Å². The molecular weight excluding hydrogens is 374 g/mol. The summed E-state index contributed by atoms with van der Waals surface area (Å²) in [7, 11) is 2.03. The van der Waals surface area contributed by atoms with E-state index in [1.54, 1.807) is 6.33 Å². The molecule has 5 rings (SSSR count). The first-order valence-corrected chi connectivity index (χ1v) is 9.75. The minimum atomic E-state index is 0.545. The van der Waals surface area contributed by atoms with Crippen LogP contribution in [0.1, 0.15) is 5.56 Å². The Bertz CT molecular complexity index is 1270. The van der Waals surface area contributed by atoms with Crippen molar-refractivity contribution in [3.8, 4) is 17.0 Å². The van der Waals surface area contributed by atoms with Crippen LogP contribution in [0.3, 0.4) is 0 Å². The number of nitrogens with zero attached hydrogens (tertiary/aromatic N) is 3. The molecule has 2 N–H and O–H groups in total. The van der Waals surface area contributed by atoms with Crippen molar-refractivity contribution in [1.29, 1.82) is 0 Å². The van der Waals surface area contributed by atoms with Gasteiger partial charge in [-0.2, -0.15) is 0 Å². The van der Waals surface area contributed by atoms with Crippen LogP contribution in [-0.4, -0.2) is 19.5 Å². The molecule has 0 aliphatic rings. The molecule has 0 aliphatic heterocycles. The minimum Gasteiger partial charge on any atom is -0.489 e. The minimum absolute atomic E-state index is 0.545. The maximum absolute atomic E-state index is 5.88. The standard InChI is InChI=1S/C24H21N5O/c1-29-13-5-8-21(29)20-14-25-23-22(20)24(27-16-26-23)28-18-9-11-19(12-10-18)30-15-17-6-3-2-4-7-17/h2-14,16H,15H2,1H3,(H2,25,26,27,28). The molecular formula is C24H21N5O. The summed E-state index contributed by atoms with van der Waals surface area (Å²) < 4.78 is 7.96. The molecule has 3 heterocycles. The molecule has 0 saturated heterocycles. The second-order valence-electron chi connectivity index (χ2n) is 7.08. The third-order valence-corrected chi connectivity index (χ3v) is 5.05. The Morgan fingerprint density at radius 1 is 0.967 bits per heavy atom. The summed E-state index contributed by atoms with van der Waals surface area (Å²) in [6.07, 6.45) is 5.56. The third-order valence-electron chi connectivity index (χ3n) is 5.05. The highest BCUT2D eigenvalue weighted by Crippen LogP contribution is 2.33. The van der Waals surface area contributed by atoms with Crippen molar-refractivity contribution in [2.45, 2.75) is 6.61 Å². The Hall–Kier alpha value is -4.06. The lowest BCUT2D eigenvalue weighted by Gasteiger charge is -2.10. The largest absolute Gasteiger partial charge is 0.489 e. The van der Waals surface area contributed by atoms with Crippen LogP contribution < -0.4 is 10.1 Å². The first-order chi connectivity index (χ1) is 14.8. The third kappa shape index (κ3) is 3.51. The summed E-state index contributed by atoms with van der Waals surface area (Å²) in [6, 6.07) is 22.1. The molecule has 0 spiro atoms. The van der Waals surface area contributed by atoms with E-state index in [9.17, 15) is 0 Å². The lowest BCUT2D eigenvalue weighted by molar-refractivity contribution is 0.306. The highest BCUT2D eigenvalue weighted by molar-refractivity contribution is 6.01. The van der Waals surface area contributed by atoms with Gasteiger partial charge in [0.1, 0.15) is 30.1 Å². The Balaban J connectivity index is 1.38. The smallest absolute Gasteiger partial charge is 0.144 e. The highest BCUT2D eigenvalue weighted by atomic mass is 16.5. The van der Waals surface area contributed by atoms with Gasteiger partial charge in [-0.15, -0.1) is 0 Å². The molecule has 5 aromatic rings. The van der Waals surface area contributed by atoms with Gasteiger partial charge in [-0.25, -0.2) is 9.97 Å². The second-order valence-corrected chi connectivity index (χ2v) is 7.08. The van der Waals surface area contributed by atoms with E-state index in [2.05, 4.69) is 43.0 Å². The van der Waals surface area contributed by atoms with Gasteiger partial charge in [0.25, 0.3) is 0 Å². The van der Waals surface area contributed by atoms with Gasteiger partial charge in [0.2, 0.25) is 0 Å². The molecule has 0 bridgehead atoms. The first-order valence-electron chi connectivity index (χ1n) is 9.75. The fraction of sp³-hybridized carbons (Fsp3) is 0.0833. The lowest BCUT2D eigenvalue weighted by atomic mass is 10.1. The van der Waals surface area contributed by atoms with Gasteiger partial charge in [0.05, 0.1) is 11.1 Å². The van der Waals surface area contributed by atoms with E-state index in [1.807, 2.05) is 68.0 Å². The molecule has 148 valence electrons. The number of rotatable bonds is 6. The summed E-state index contributed by atoms with van der Waals surface area (Å²) in [6.45, 7) is 0.545. The van der Waals surface area contributed by atoms with Crippen LogP contribution in [0.25, 0.3) is 22.3 Å². The van der Waals surface area contributed by atoms with Gasteiger partial charge in [-0.05, 0) is 42.0 Å². The number of aryl methyl sites for hydroxylation is 1. The SMILES string of the molecule is Cn1cccc1-c1c[nH]c2ncnc(Nc3ccc(OCc4ccccc4)cc3)c12. The highest BCUT2D eigenvalue weighted by Gasteiger charge is 2.14. The second kappa shape index (κ2) is 7.75. The lowest BCUT2D eigenvalue weighted by Crippen LogP contribution is -1.98. The number of fused-ring (bicyclic) bond motifs is 1.